The van der Waals surface area contributed by atoms with Crippen molar-refractivity contribution in [3.8, 4) is 17.2 Å². The number of nitrogens with zero attached hydrogens (tertiary/aromatic N) is 2. The van der Waals surface area contributed by atoms with Crippen molar-refractivity contribution in [1.29, 1.82) is 0 Å². The highest BCUT2D eigenvalue weighted by Gasteiger charge is 2.37. The quantitative estimate of drug-likeness (QED) is 0.411. The zero-order valence-electron chi connectivity index (χ0n) is 20.2. The van der Waals surface area contributed by atoms with Crippen molar-refractivity contribution < 1.29 is 19.4 Å². The largest absolute Gasteiger partial charge is 0.504 e. The minimum Gasteiger partial charge on any atom is -0.504 e. The number of amides is 2. The molecule has 0 unspecified atom stereocenters. The van der Waals surface area contributed by atoms with Gasteiger partial charge in [0.05, 0.1) is 21.3 Å². The Morgan fingerprint density at radius 2 is 1.97 bits per heavy atom. The van der Waals surface area contributed by atoms with Gasteiger partial charge in [0, 0.05) is 38.3 Å². The van der Waals surface area contributed by atoms with Gasteiger partial charge in [0.2, 0.25) is 11.8 Å². The summed E-state index contributed by atoms with van der Waals surface area (Å²) >= 11 is 1.63. The molecule has 4 bridgehead atoms. The number of benzene rings is 3. The number of ether oxygens (including phenoxy) is 1. The second kappa shape index (κ2) is 9.86. The van der Waals surface area contributed by atoms with Crippen LogP contribution in [0.1, 0.15) is 34.9 Å². The summed E-state index contributed by atoms with van der Waals surface area (Å²) in [5, 5.41) is 14.4. The van der Waals surface area contributed by atoms with E-state index in [1.165, 1.54) is 0 Å². The molecule has 2 aliphatic heterocycles. The summed E-state index contributed by atoms with van der Waals surface area (Å²) in [6.07, 6.45) is 1.82. The van der Waals surface area contributed by atoms with Crippen LogP contribution in [-0.4, -0.2) is 45.9 Å². The molecule has 6 rings (SSSR count). The van der Waals surface area contributed by atoms with Crippen LogP contribution in [0.15, 0.2) is 66.7 Å². The summed E-state index contributed by atoms with van der Waals surface area (Å²) in [5.74, 6) is 0.978. The Bertz CT molecular complexity index is 1450. The van der Waals surface area contributed by atoms with E-state index in [-0.39, 0.29) is 29.5 Å². The maximum Gasteiger partial charge on any atom is 0.223 e. The summed E-state index contributed by atoms with van der Waals surface area (Å²) in [6, 6.07) is 20.7. The standard InChI is InChI=1S/C29H27N3O4S/c33-24-10-8-18-9-11-27(34)30-23-17-32(16-21(23)19-4-3-5-20(15-19)36-25(24)14-18)29(35)13-12-28-31-22-6-1-2-7-26(22)37-28/h1-8,10,14-15,21,23,33H,9,11-13,16-17H2,(H,30,34)/t21-,23+/m0/s1. The van der Waals surface area contributed by atoms with Crippen LogP contribution in [0.2, 0.25) is 0 Å². The molecule has 2 amide bonds. The Kier molecular flexibility index (Phi) is 6.26. The van der Waals surface area contributed by atoms with Gasteiger partial charge in [-0.1, -0.05) is 30.3 Å². The molecule has 3 aromatic carbocycles. The number of aromatic hydroxyl groups is 1. The van der Waals surface area contributed by atoms with Crippen molar-refractivity contribution in [2.45, 2.75) is 37.6 Å². The molecule has 0 saturated carbocycles. The lowest BCUT2D eigenvalue weighted by molar-refractivity contribution is -0.130. The molecule has 0 aliphatic carbocycles. The Morgan fingerprint density at radius 1 is 1.08 bits per heavy atom. The van der Waals surface area contributed by atoms with Gasteiger partial charge in [-0.15, -0.1) is 11.3 Å². The van der Waals surface area contributed by atoms with Gasteiger partial charge in [-0.2, -0.15) is 0 Å². The summed E-state index contributed by atoms with van der Waals surface area (Å²) < 4.78 is 7.15. The van der Waals surface area contributed by atoms with E-state index in [9.17, 15) is 14.7 Å². The lowest BCUT2D eigenvalue weighted by Crippen LogP contribution is -2.40. The molecule has 2 aliphatic rings. The van der Waals surface area contributed by atoms with Crippen molar-refractivity contribution in [1.82, 2.24) is 15.2 Å². The Morgan fingerprint density at radius 3 is 2.86 bits per heavy atom. The second-order valence-corrected chi connectivity index (χ2v) is 10.7. The lowest BCUT2D eigenvalue weighted by atomic mass is 9.94. The maximum atomic E-state index is 13.2. The van der Waals surface area contributed by atoms with E-state index in [0.29, 0.717) is 50.3 Å². The molecule has 4 aromatic rings. The minimum absolute atomic E-state index is 0.0512. The third-order valence-electron chi connectivity index (χ3n) is 7.09. The second-order valence-electron chi connectivity index (χ2n) is 9.63. The lowest BCUT2D eigenvalue weighted by Gasteiger charge is -2.20. The van der Waals surface area contributed by atoms with Gasteiger partial charge in [0.25, 0.3) is 0 Å². The number of fused-ring (bicyclic) bond motifs is 7. The Balaban J connectivity index is 1.22. The SMILES string of the molecule is O=C1CCc2ccc(O)c(c2)Oc2cccc(c2)[C@@H]2CN(C(=O)CCc3nc4ccccc4s3)C[C@H]2N1. The average Bonchev–Trinajstić information content (AvgIpc) is 3.51. The van der Waals surface area contributed by atoms with E-state index in [1.807, 2.05) is 53.4 Å². The van der Waals surface area contributed by atoms with Gasteiger partial charge in [-0.3, -0.25) is 9.59 Å². The van der Waals surface area contributed by atoms with Gasteiger partial charge < -0.3 is 20.1 Å². The van der Waals surface area contributed by atoms with E-state index >= 15 is 0 Å². The van der Waals surface area contributed by atoms with Gasteiger partial charge >= 0.3 is 0 Å². The van der Waals surface area contributed by atoms with Gasteiger partial charge in [0.1, 0.15) is 5.75 Å². The molecular weight excluding hydrogens is 486 g/mol. The summed E-state index contributed by atoms with van der Waals surface area (Å²) in [4.78, 5) is 32.6. The van der Waals surface area contributed by atoms with Gasteiger partial charge in [-0.25, -0.2) is 4.98 Å². The van der Waals surface area contributed by atoms with Crippen LogP contribution in [-0.2, 0) is 22.4 Å². The predicted octanol–water partition coefficient (Wildman–Crippen LogP) is 4.78. The Hall–Kier alpha value is -3.91. The number of nitrogens with one attached hydrogen (secondary N) is 1. The van der Waals surface area contributed by atoms with E-state index < -0.39 is 0 Å². The molecule has 188 valence electrons. The molecule has 7 nitrogen and oxygen atoms in total. The first-order valence-corrected chi connectivity index (χ1v) is 13.3. The highest BCUT2D eigenvalue weighted by molar-refractivity contribution is 7.18. The summed E-state index contributed by atoms with van der Waals surface area (Å²) in [5.41, 5.74) is 2.86. The van der Waals surface area contributed by atoms with Crippen molar-refractivity contribution in [3.63, 3.8) is 0 Å². The van der Waals surface area contributed by atoms with E-state index in [1.54, 1.807) is 29.5 Å². The molecule has 0 radical (unpaired) electrons. The monoisotopic (exact) mass is 513 g/mol. The fourth-order valence-corrected chi connectivity index (χ4v) is 6.13. The highest BCUT2D eigenvalue weighted by atomic mass is 32.1. The fraction of sp³-hybridized carbons (Fsp3) is 0.276. The van der Waals surface area contributed by atoms with Crippen molar-refractivity contribution in [2.24, 2.45) is 0 Å². The molecule has 1 aromatic heterocycles. The van der Waals surface area contributed by atoms with Crippen LogP contribution in [0.5, 0.6) is 17.2 Å². The normalized spacial score (nSPS) is 19.2. The van der Waals surface area contributed by atoms with Gasteiger partial charge in [0.15, 0.2) is 11.5 Å². The van der Waals surface area contributed by atoms with Crippen LogP contribution < -0.4 is 10.1 Å². The van der Waals surface area contributed by atoms with Crippen LogP contribution in [0, 0.1) is 0 Å². The number of carbonyl (C=O) groups is 2. The summed E-state index contributed by atoms with van der Waals surface area (Å²) in [6.45, 7) is 0.987. The van der Waals surface area contributed by atoms with Crippen LogP contribution in [0.3, 0.4) is 0 Å². The van der Waals surface area contributed by atoms with Crippen molar-refractivity contribution in [2.75, 3.05) is 13.1 Å². The smallest absolute Gasteiger partial charge is 0.223 e. The van der Waals surface area contributed by atoms with E-state index in [4.69, 9.17) is 4.74 Å². The first kappa shape index (κ1) is 23.5. The van der Waals surface area contributed by atoms with Crippen molar-refractivity contribution in [3.05, 3.63) is 82.9 Å². The van der Waals surface area contributed by atoms with Crippen LogP contribution >= 0.6 is 11.3 Å². The first-order chi connectivity index (χ1) is 18.0. The number of phenolic OH excluding ortho intramolecular Hbond substituents is 1. The average molecular weight is 514 g/mol. The first-order valence-electron chi connectivity index (χ1n) is 12.5. The number of hydrogen-bond acceptors (Lipinski definition) is 6. The molecule has 37 heavy (non-hydrogen) atoms. The number of para-hydroxylation sites is 1. The summed E-state index contributed by atoms with van der Waals surface area (Å²) in [7, 11) is 0. The zero-order valence-corrected chi connectivity index (χ0v) is 21.0. The number of carbonyl (C=O) groups excluding carboxylic acids is 2. The number of phenols is 1. The number of thiazole rings is 1. The Labute approximate surface area is 218 Å². The predicted molar refractivity (Wildman–Crippen MR) is 142 cm³/mol. The number of hydrogen-bond donors (Lipinski definition) is 2. The van der Waals surface area contributed by atoms with Crippen LogP contribution in [0.4, 0.5) is 0 Å². The molecule has 1 saturated heterocycles. The van der Waals surface area contributed by atoms with Crippen LogP contribution in [0.25, 0.3) is 10.2 Å². The van der Waals surface area contributed by atoms with E-state index in [2.05, 4.69) is 10.3 Å². The molecule has 2 N–H and O–H groups in total. The third-order valence-corrected chi connectivity index (χ3v) is 8.19. The number of aromatic nitrogens is 1. The molecule has 2 atom stereocenters. The van der Waals surface area contributed by atoms with E-state index in [0.717, 1.165) is 26.4 Å². The fourth-order valence-electron chi connectivity index (χ4n) is 5.16. The number of rotatable bonds is 3. The number of aryl methyl sites for hydroxylation is 2. The number of likely N-dealkylation sites (tertiary alicyclic amines) is 1. The zero-order chi connectivity index (χ0) is 25.4. The van der Waals surface area contributed by atoms with Gasteiger partial charge in [-0.05, 0) is 53.9 Å². The molecular formula is C29H27N3O4S. The van der Waals surface area contributed by atoms with Crippen molar-refractivity contribution >= 4 is 33.4 Å². The molecule has 3 heterocycles. The highest BCUT2D eigenvalue weighted by Crippen LogP contribution is 2.35. The minimum atomic E-state index is -0.189. The topological polar surface area (TPSA) is 91.8 Å². The molecule has 0 spiro atoms. The molecule has 1 fully saturated rings. The molecule has 8 heteroatoms. The third kappa shape index (κ3) is 5.02. The maximum absolute atomic E-state index is 13.2.